The number of anilines is 2. The lowest BCUT2D eigenvalue weighted by Crippen LogP contribution is -2.37. The normalized spacial score (nSPS) is 15.3. The maximum atomic E-state index is 10.3. The molecule has 1 aliphatic rings. The van der Waals surface area contributed by atoms with E-state index in [4.69, 9.17) is 11.6 Å². The molecule has 0 aliphatic heterocycles. The van der Waals surface area contributed by atoms with Gasteiger partial charge in [-0.15, -0.1) is 5.10 Å². The number of H-pyrrole nitrogens is 1. The van der Waals surface area contributed by atoms with Crippen molar-refractivity contribution in [3.63, 3.8) is 0 Å². The van der Waals surface area contributed by atoms with Gasteiger partial charge in [0.25, 0.3) is 0 Å². The first kappa shape index (κ1) is 19.0. The van der Waals surface area contributed by atoms with Gasteiger partial charge in [-0.25, -0.2) is 4.68 Å². The number of nitrogens with one attached hydrogen (secondary N) is 3. The minimum absolute atomic E-state index is 0.416. The third-order valence-electron chi connectivity index (χ3n) is 5.55. The van der Waals surface area contributed by atoms with Crippen molar-refractivity contribution in [1.29, 1.82) is 0 Å². The van der Waals surface area contributed by atoms with Crippen molar-refractivity contribution in [3.05, 3.63) is 53.2 Å². The van der Waals surface area contributed by atoms with Crippen molar-refractivity contribution >= 4 is 34.1 Å². The number of nitrogens with zero attached hydrogens (tertiary/aromatic N) is 4. The maximum absolute atomic E-state index is 10.3. The number of hydrogen-bond donors (Lipinski definition) is 4. The third-order valence-corrected chi connectivity index (χ3v) is 5.96. The van der Waals surface area contributed by atoms with E-state index in [0.29, 0.717) is 22.8 Å². The van der Waals surface area contributed by atoms with Crippen LogP contribution in [0.1, 0.15) is 31.1 Å². The number of halogens is 1. The van der Waals surface area contributed by atoms with Crippen molar-refractivity contribution in [3.8, 4) is 11.4 Å². The second-order valence-corrected chi connectivity index (χ2v) is 7.96. The number of aryl methyl sites for hydroxylation is 1. The van der Waals surface area contributed by atoms with Crippen LogP contribution in [-0.2, 0) is 7.05 Å². The molecule has 5 rings (SSSR count). The van der Waals surface area contributed by atoms with E-state index >= 15 is 0 Å². The van der Waals surface area contributed by atoms with Crippen LogP contribution in [0.4, 0.5) is 11.6 Å². The summed E-state index contributed by atoms with van der Waals surface area (Å²) < 4.78 is 1.67. The van der Waals surface area contributed by atoms with E-state index in [1.165, 1.54) is 6.42 Å². The van der Waals surface area contributed by atoms with Gasteiger partial charge >= 0.3 is 0 Å². The lowest BCUT2D eigenvalue weighted by Gasteiger charge is -2.29. The lowest BCUT2D eigenvalue weighted by molar-refractivity contribution is 0.105. The van der Waals surface area contributed by atoms with E-state index < -0.39 is 6.23 Å². The van der Waals surface area contributed by atoms with Gasteiger partial charge in [0.2, 0.25) is 5.95 Å². The second kappa shape index (κ2) is 7.71. The summed E-state index contributed by atoms with van der Waals surface area (Å²) in [6.07, 6.45) is 4.52. The van der Waals surface area contributed by atoms with Crippen LogP contribution in [0.2, 0.25) is 5.02 Å². The summed E-state index contributed by atoms with van der Waals surface area (Å²) >= 11 is 6.50. The fourth-order valence-corrected chi connectivity index (χ4v) is 3.79. The van der Waals surface area contributed by atoms with E-state index in [2.05, 4.69) is 30.9 Å². The molecule has 8 nitrogen and oxygen atoms in total. The molecule has 0 bridgehead atoms. The Morgan fingerprint density at radius 3 is 2.73 bits per heavy atom. The van der Waals surface area contributed by atoms with Crippen LogP contribution in [0.3, 0.4) is 0 Å². The Bertz CT molecular complexity index is 1180. The van der Waals surface area contributed by atoms with Gasteiger partial charge < -0.3 is 10.4 Å². The first-order valence-electron chi connectivity index (χ1n) is 9.92. The number of aliphatic hydroxyl groups is 1. The van der Waals surface area contributed by atoms with Crippen LogP contribution >= 0.6 is 11.6 Å². The molecule has 1 atom stereocenters. The Morgan fingerprint density at radius 1 is 1.20 bits per heavy atom. The van der Waals surface area contributed by atoms with Gasteiger partial charge in [0, 0.05) is 24.0 Å². The van der Waals surface area contributed by atoms with Gasteiger partial charge in [0.15, 0.2) is 5.82 Å². The van der Waals surface area contributed by atoms with E-state index in [-0.39, 0.29) is 0 Å². The summed E-state index contributed by atoms with van der Waals surface area (Å²) in [4.78, 5) is 4.61. The molecule has 9 heteroatoms. The van der Waals surface area contributed by atoms with Crippen LogP contribution < -0.4 is 10.6 Å². The van der Waals surface area contributed by atoms with Crippen LogP contribution in [0, 0.1) is 0 Å². The zero-order valence-corrected chi connectivity index (χ0v) is 17.2. The van der Waals surface area contributed by atoms with Gasteiger partial charge in [-0.2, -0.15) is 10.1 Å². The Hall–Kier alpha value is -2.94. The van der Waals surface area contributed by atoms with Gasteiger partial charge in [-0.05, 0) is 30.5 Å². The van der Waals surface area contributed by atoms with E-state index in [0.717, 1.165) is 40.6 Å². The number of benzene rings is 2. The molecule has 0 spiro atoms. The Labute approximate surface area is 178 Å². The van der Waals surface area contributed by atoms with E-state index in [1.807, 2.05) is 43.4 Å². The molecular weight excluding hydrogens is 402 g/mol. The average molecular weight is 424 g/mol. The predicted molar refractivity (Wildman–Crippen MR) is 117 cm³/mol. The summed E-state index contributed by atoms with van der Waals surface area (Å²) in [5.41, 5.74) is 3.31. The predicted octanol–water partition coefficient (Wildman–Crippen LogP) is 3.89. The molecule has 1 aliphatic carbocycles. The summed E-state index contributed by atoms with van der Waals surface area (Å²) in [6.45, 7) is 0. The Kier molecular flexibility index (Phi) is 4.90. The topological polar surface area (TPSA) is 104 Å². The van der Waals surface area contributed by atoms with E-state index in [9.17, 15) is 5.11 Å². The third kappa shape index (κ3) is 3.54. The van der Waals surface area contributed by atoms with Crippen molar-refractivity contribution < 1.29 is 5.11 Å². The molecule has 2 aromatic carbocycles. The number of fused-ring (bicyclic) bond motifs is 1. The SMILES string of the molecule is Cn1nc(-c2ccc(C(O)NC3CCC3)cc2)nc1Nc1ccc2[nH]ncc2c1Cl. The second-order valence-electron chi connectivity index (χ2n) is 7.59. The Morgan fingerprint density at radius 2 is 2.00 bits per heavy atom. The molecule has 4 aromatic rings. The van der Waals surface area contributed by atoms with Gasteiger partial charge in [0.05, 0.1) is 22.4 Å². The fraction of sp³-hybridized carbons (Fsp3) is 0.286. The molecule has 2 aromatic heterocycles. The van der Waals surface area contributed by atoms with Gasteiger partial charge in [0.1, 0.15) is 6.23 Å². The molecule has 0 radical (unpaired) electrons. The highest BCUT2D eigenvalue weighted by molar-refractivity contribution is 6.38. The zero-order valence-electron chi connectivity index (χ0n) is 16.4. The monoisotopic (exact) mass is 423 g/mol. The van der Waals surface area contributed by atoms with Crippen molar-refractivity contribution in [2.45, 2.75) is 31.5 Å². The highest BCUT2D eigenvalue weighted by Gasteiger charge is 2.21. The number of aromatic nitrogens is 5. The molecule has 0 amide bonds. The molecule has 4 N–H and O–H groups in total. The minimum Gasteiger partial charge on any atom is -0.374 e. The standard InChI is InChI=1S/C21H22ClN7O/c1-29-21(25-17-10-9-16-15(18(17)22)11-23-27-16)26-19(28-29)12-5-7-13(8-6-12)20(30)24-14-3-2-4-14/h5-11,14,20,24,30H,2-4H2,1H3,(H,23,27)(H,25,26,28). The molecule has 0 saturated heterocycles. The summed E-state index contributed by atoms with van der Waals surface area (Å²) in [5, 5.41) is 29.7. The molecule has 1 unspecified atom stereocenters. The van der Waals surface area contributed by atoms with Crippen LogP contribution in [0.25, 0.3) is 22.3 Å². The van der Waals surface area contributed by atoms with E-state index in [1.54, 1.807) is 10.9 Å². The van der Waals surface area contributed by atoms with Gasteiger partial charge in [-0.1, -0.05) is 42.3 Å². The molecule has 154 valence electrons. The highest BCUT2D eigenvalue weighted by atomic mass is 35.5. The maximum Gasteiger partial charge on any atom is 0.225 e. The average Bonchev–Trinajstić information content (AvgIpc) is 3.34. The summed E-state index contributed by atoms with van der Waals surface area (Å²) in [5.74, 6) is 1.17. The van der Waals surface area contributed by atoms with Gasteiger partial charge in [-0.3, -0.25) is 10.4 Å². The van der Waals surface area contributed by atoms with Crippen LogP contribution in [0.15, 0.2) is 42.6 Å². The largest absolute Gasteiger partial charge is 0.374 e. The summed E-state index contributed by atoms with van der Waals surface area (Å²) in [7, 11) is 1.82. The smallest absolute Gasteiger partial charge is 0.225 e. The van der Waals surface area contributed by atoms with Crippen molar-refractivity contribution in [2.75, 3.05) is 5.32 Å². The highest BCUT2D eigenvalue weighted by Crippen LogP contribution is 2.32. The number of hydrogen-bond acceptors (Lipinski definition) is 6. The van der Waals surface area contributed by atoms with Crippen molar-refractivity contribution in [2.24, 2.45) is 7.05 Å². The minimum atomic E-state index is -0.654. The first-order valence-corrected chi connectivity index (χ1v) is 10.3. The molecule has 1 fully saturated rings. The first-order chi connectivity index (χ1) is 14.6. The Balaban J connectivity index is 1.35. The fourth-order valence-electron chi connectivity index (χ4n) is 3.52. The number of aliphatic hydroxyl groups excluding tert-OH is 1. The van der Waals surface area contributed by atoms with Crippen LogP contribution in [-0.4, -0.2) is 36.1 Å². The quantitative estimate of drug-likeness (QED) is 0.351. The molecular formula is C21H22ClN7O. The summed E-state index contributed by atoms with van der Waals surface area (Å²) in [6, 6.07) is 11.9. The van der Waals surface area contributed by atoms with Crippen LogP contribution in [0.5, 0.6) is 0 Å². The zero-order chi connectivity index (χ0) is 20.7. The molecule has 30 heavy (non-hydrogen) atoms. The molecule has 2 heterocycles. The van der Waals surface area contributed by atoms with Crippen molar-refractivity contribution in [1.82, 2.24) is 30.3 Å². The number of rotatable bonds is 6. The molecule has 1 saturated carbocycles. The number of aromatic amines is 1. The lowest BCUT2D eigenvalue weighted by atomic mass is 9.93.